The molecule has 4 aliphatic heterocycles. The number of fused-ring (bicyclic) bond motifs is 2. The van der Waals surface area contributed by atoms with Crippen LogP contribution in [0.4, 0.5) is 23.1 Å². The normalized spacial score (nSPS) is 19.5. The molecular formula is C41H45ClN10O7. The van der Waals surface area contributed by atoms with E-state index in [1.807, 2.05) is 24.3 Å². The highest BCUT2D eigenvalue weighted by molar-refractivity contribution is 6.33. The highest BCUT2D eigenvalue weighted by Crippen LogP contribution is 2.33. The molecule has 4 aromatic rings. The first-order valence-electron chi connectivity index (χ1n) is 19.8. The number of hydrogen-bond donors (Lipinski definition) is 3. The van der Waals surface area contributed by atoms with E-state index >= 15 is 0 Å². The van der Waals surface area contributed by atoms with Crippen molar-refractivity contribution in [3.8, 4) is 5.75 Å². The third kappa shape index (κ3) is 7.91. The molecule has 0 saturated carbocycles. The van der Waals surface area contributed by atoms with Crippen LogP contribution in [-0.2, 0) is 21.4 Å². The van der Waals surface area contributed by atoms with Crippen LogP contribution in [0.3, 0.4) is 0 Å². The van der Waals surface area contributed by atoms with Crippen LogP contribution in [0.25, 0.3) is 10.9 Å². The van der Waals surface area contributed by atoms with E-state index in [1.165, 1.54) is 11.6 Å². The van der Waals surface area contributed by atoms with Crippen LogP contribution >= 0.6 is 11.6 Å². The van der Waals surface area contributed by atoms with Gasteiger partial charge in [0.1, 0.15) is 11.1 Å². The van der Waals surface area contributed by atoms with Gasteiger partial charge in [0, 0.05) is 83.1 Å². The number of aryl methyl sites for hydroxylation is 1. The third-order valence-electron chi connectivity index (χ3n) is 11.7. The molecule has 6 heterocycles. The second kappa shape index (κ2) is 16.3. The van der Waals surface area contributed by atoms with Crippen molar-refractivity contribution in [2.75, 3.05) is 68.0 Å². The predicted octanol–water partition coefficient (Wildman–Crippen LogP) is 2.68. The van der Waals surface area contributed by atoms with Crippen molar-refractivity contribution in [2.45, 2.75) is 44.8 Å². The second-order valence-electron chi connectivity index (χ2n) is 15.4. The van der Waals surface area contributed by atoms with Gasteiger partial charge in [-0.3, -0.25) is 43.9 Å². The Hall–Kier alpha value is -6.07. The molecular weight excluding hydrogens is 780 g/mol. The molecule has 308 valence electrons. The van der Waals surface area contributed by atoms with Gasteiger partial charge < -0.3 is 29.7 Å². The SMILES string of the molecule is CNC(=O)[C@H](C)Oc1cc2cc(Nc3nc(N4CCC(CN5CCN(c6ccc7c(c6)C(=O)N([C@@H]6CCC(=O)NC6=O)C7=O)CC5)CC4)ncc3Cl)ccc2n(C)c1=O. The first-order chi connectivity index (χ1) is 28.4. The molecule has 2 atom stereocenters. The molecule has 0 bridgehead atoms. The molecule has 5 amide bonds. The number of benzene rings is 2. The summed E-state index contributed by atoms with van der Waals surface area (Å²) in [5.41, 5.74) is 2.47. The molecule has 59 heavy (non-hydrogen) atoms. The number of imide groups is 2. The number of nitrogens with zero attached hydrogens (tertiary/aromatic N) is 7. The number of halogens is 1. The van der Waals surface area contributed by atoms with Crippen LogP contribution in [-0.4, -0.2) is 119 Å². The monoisotopic (exact) mass is 824 g/mol. The van der Waals surface area contributed by atoms with E-state index in [4.69, 9.17) is 21.3 Å². The summed E-state index contributed by atoms with van der Waals surface area (Å²) in [6.07, 6.45) is 2.91. The summed E-state index contributed by atoms with van der Waals surface area (Å²) in [6.45, 7) is 7.40. The van der Waals surface area contributed by atoms with Crippen molar-refractivity contribution < 1.29 is 28.7 Å². The first kappa shape index (κ1) is 39.7. The molecule has 17 nitrogen and oxygen atoms in total. The van der Waals surface area contributed by atoms with Crippen molar-refractivity contribution in [2.24, 2.45) is 13.0 Å². The van der Waals surface area contributed by atoms with E-state index in [1.54, 1.807) is 38.4 Å². The Morgan fingerprint density at radius 1 is 0.932 bits per heavy atom. The fourth-order valence-corrected chi connectivity index (χ4v) is 8.46. The zero-order valence-corrected chi connectivity index (χ0v) is 33.8. The summed E-state index contributed by atoms with van der Waals surface area (Å²) in [5.74, 6) is -0.750. The number of hydrogen-bond acceptors (Lipinski definition) is 13. The van der Waals surface area contributed by atoms with E-state index in [9.17, 15) is 28.8 Å². The zero-order chi connectivity index (χ0) is 41.5. The fourth-order valence-electron chi connectivity index (χ4n) is 8.32. The second-order valence-corrected chi connectivity index (χ2v) is 15.8. The minimum atomic E-state index is -0.987. The van der Waals surface area contributed by atoms with E-state index in [-0.39, 0.29) is 41.2 Å². The Morgan fingerprint density at radius 3 is 2.41 bits per heavy atom. The van der Waals surface area contributed by atoms with Crippen molar-refractivity contribution in [1.29, 1.82) is 0 Å². The minimum absolute atomic E-state index is 0.0671. The molecule has 2 aromatic carbocycles. The molecule has 0 aliphatic carbocycles. The Bertz CT molecular complexity index is 2430. The van der Waals surface area contributed by atoms with Gasteiger partial charge in [-0.25, -0.2) is 4.98 Å². The maximum Gasteiger partial charge on any atom is 0.293 e. The highest BCUT2D eigenvalue weighted by Gasteiger charge is 2.45. The minimum Gasteiger partial charge on any atom is -0.475 e. The van der Waals surface area contributed by atoms with Crippen LogP contribution in [0.5, 0.6) is 5.75 Å². The Labute approximate surface area is 344 Å². The van der Waals surface area contributed by atoms with Gasteiger partial charge in [-0.15, -0.1) is 0 Å². The average molecular weight is 825 g/mol. The number of piperazine rings is 1. The van der Waals surface area contributed by atoms with Gasteiger partial charge in [0.05, 0.1) is 22.8 Å². The van der Waals surface area contributed by atoms with Gasteiger partial charge in [0.2, 0.25) is 17.8 Å². The van der Waals surface area contributed by atoms with Gasteiger partial charge in [-0.2, -0.15) is 4.98 Å². The summed E-state index contributed by atoms with van der Waals surface area (Å²) >= 11 is 6.57. The lowest BCUT2D eigenvalue weighted by Gasteiger charge is -2.39. The number of carbonyl (C=O) groups is 5. The van der Waals surface area contributed by atoms with E-state index < -0.39 is 35.8 Å². The highest BCUT2D eigenvalue weighted by atomic mass is 35.5. The average Bonchev–Trinajstić information content (AvgIpc) is 3.48. The van der Waals surface area contributed by atoms with Gasteiger partial charge in [-0.1, -0.05) is 11.6 Å². The molecule has 2 aromatic heterocycles. The van der Waals surface area contributed by atoms with Crippen molar-refractivity contribution in [3.05, 3.63) is 75.2 Å². The smallest absolute Gasteiger partial charge is 0.293 e. The lowest BCUT2D eigenvalue weighted by atomic mass is 9.96. The van der Waals surface area contributed by atoms with Gasteiger partial charge >= 0.3 is 0 Å². The van der Waals surface area contributed by atoms with Crippen LogP contribution < -0.4 is 36.0 Å². The molecule has 3 N–H and O–H groups in total. The number of likely N-dealkylation sites (N-methyl/N-ethyl adjacent to an activating group) is 1. The maximum absolute atomic E-state index is 13.3. The summed E-state index contributed by atoms with van der Waals surface area (Å²) in [7, 11) is 3.16. The molecule has 3 fully saturated rings. The van der Waals surface area contributed by atoms with E-state index in [2.05, 4.69) is 35.6 Å². The molecule has 4 aliphatic rings. The van der Waals surface area contributed by atoms with Crippen LogP contribution in [0.15, 0.2) is 53.5 Å². The number of carbonyl (C=O) groups excluding carboxylic acids is 5. The van der Waals surface area contributed by atoms with E-state index in [0.717, 1.165) is 74.6 Å². The summed E-state index contributed by atoms with van der Waals surface area (Å²) in [5, 5.41) is 9.16. The number of aromatic nitrogens is 3. The largest absolute Gasteiger partial charge is 0.475 e. The molecule has 0 radical (unpaired) electrons. The summed E-state index contributed by atoms with van der Waals surface area (Å²) in [6, 6.07) is 11.4. The number of rotatable bonds is 10. The number of piperidine rings is 2. The quantitative estimate of drug-likeness (QED) is 0.198. The molecule has 0 unspecified atom stereocenters. The first-order valence-corrected chi connectivity index (χ1v) is 20.2. The number of pyridine rings is 1. The predicted molar refractivity (Wildman–Crippen MR) is 220 cm³/mol. The molecule has 0 spiro atoms. The van der Waals surface area contributed by atoms with Gasteiger partial charge in [-0.05, 0) is 74.6 Å². The molecule has 18 heteroatoms. The number of amides is 5. The van der Waals surface area contributed by atoms with Crippen molar-refractivity contribution in [3.63, 3.8) is 0 Å². The fraction of sp³-hybridized carbons (Fsp3) is 0.415. The van der Waals surface area contributed by atoms with Gasteiger partial charge in [0.25, 0.3) is 23.3 Å². The van der Waals surface area contributed by atoms with Crippen LogP contribution in [0, 0.1) is 5.92 Å². The standard InChI is InChI=1S/C41H45ClN10O7/c1-23(36(54)43-2)59-33-19-25-18-26(4-7-31(25)48(3)40(33)58)45-35-30(42)21-44-41(47-35)51-12-10-24(11-13-51)22-49-14-16-50(17-15-49)27-5-6-28-29(20-27)39(57)52(38(28)56)32-8-9-34(53)46-37(32)55/h4-7,18-21,23-24,32H,8-17,22H2,1-3H3,(H,43,54)(H,44,45,47)(H,46,53,55)/t23-,32+/m0/s1. The third-order valence-corrected chi connectivity index (χ3v) is 12.0. The van der Waals surface area contributed by atoms with Crippen LogP contribution in [0.2, 0.25) is 5.02 Å². The number of ether oxygens (including phenoxy) is 1. The molecule has 3 saturated heterocycles. The maximum atomic E-state index is 13.3. The van der Waals surface area contributed by atoms with Crippen LogP contribution in [0.1, 0.15) is 53.3 Å². The topological polar surface area (TPSA) is 191 Å². The summed E-state index contributed by atoms with van der Waals surface area (Å²) in [4.78, 5) is 92.7. The Balaban J connectivity index is 0.846. The Kier molecular flexibility index (Phi) is 11.0. The van der Waals surface area contributed by atoms with Crippen molar-refractivity contribution in [1.82, 2.24) is 35.0 Å². The number of anilines is 4. The lowest BCUT2D eigenvalue weighted by Crippen LogP contribution is -2.54. The van der Waals surface area contributed by atoms with Gasteiger partial charge in [0.15, 0.2) is 17.7 Å². The summed E-state index contributed by atoms with van der Waals surface area (Å²) < 4.78 is 7.19. The van der Waals surface area contributed by atoms with Crippen molar-refractivity contribution >= 4 is 75.2 Å². The molecule has 8 rings (SSSR count). The zero-order valence-electron chi connectivity index (χ0n) is 33.0. The van der Waals surface area contributed by atoms with E-state index in [0.29, 0.717) is 33.9 Å². The number of nitrogens with one attached hydrogen (secondary N) is 3. The Morgan fingerprint density at radius 2 is 1.68 bits per heavy atom. The lowest BCUT2D eigenvalue weighted by molar-refractivity contribution is -0.136.